The Balaban J connectivity index is 2.10. The second-order valence-electron chi connectivity index (χ2n) is 5.64. The molecule has 0 spiro atoms. The van der Waals surface area contributed by atoms with Gasteiger partial charge < -0.3 is 5.73 Å². The standard InChI is InChI=1S/C16H23NO/c1-11-3-4-12(2)15(9-11)16(18)14-7-5-13(10-17)6-8-14/h3-4,9,13-14H,5-8,10,17H2,1-2H3. The quantitative estimate of drug-likeness (QED) is 0.831. The molecule has 1 aliphatic carbocycles. The van der Waals surface area contributed by atoms with Crippen LogP contribution in [0.2, 0.25) is 0 Å². The van der Waals surface area contributed by atoms with Crippen LogP contribution in [0, 0.1) is 25.7 Å². The molecule has 2 nitrogen and oxygen atoms in total. The van der Waals surface area contributed by atoms with Gasteiger partial charge in [0.1, 0.15) is 0 Å². The highest BCUT2D eigenvalue weighted by molar-refractivity contribution is 5.99. The van der Waals surface area contributed by atoms with E-state index < -0.39 is 0 Å². The number of carbonyl (C=O) groups is 1. The Kier molecular flexibility index (Phi) is 4.18. The summed E-state index contributed by atoms with van der Waals surface area (Å²) in [6.45, 7) is 4.84. The Labute approximate surface area is 110 Å². The van der Waals surface area contributed by atoms with Gasteiger partial charge in [0.25, 0.3) is 0 Å². The smallest absolute Gasteiger partial charge is 0.166 e. The Bertz CT molecular complexity index is 431. The van der Waals surface area contributed by atoms with Crippen LogP contribution >= 0.6 is 0 Å². The highest BCUT2D eigenvalue weighted by Crippen LogP contribution is 2.31. The van der Waals surface area contributed by atoms with Gasteiger partial charge in [-0.2, -0.15) is 0 Å². The number of nitrogens with two attached hydrogens (primary N) is 1. The van der Waals surface area contributed by atoms with Crippen LogP contribution in [0.4, 0.5) is 0 Å². The lowest BCUT2D eigenvalue weighted by molar-refractivity contribution is 0.0873. The molecule has 0 amide bonds. The molecular formula is C16H23NO. The molecule has 0 bridgehead atoms. The maximum absolute atomic E-state index is 12.5. The molecule has 0 aromatic heterocycles. The SMILES string of the molecule is Cc1ccc(C)c(C(=O)C2CCC(CN)CC2)c1. The Morgan fingerprint density at radius 1 is 1.22 bits per heavy atom. The number of carbonyl (C=O) groups excluding carboxylic acids is 1. The number of hydrogen-bond donors (Lipinski definition) is 1. The second kappa shape index (κ2) is 5.66. The van der Waals surface area contributed by atoms with Crippen LogP contribution in [0.5, 0.6) is 0 Å². The predicted octanol–water partition coefficient (Wildman–Crippen LogP) is 3.25. The Morgan fingerprint density at radius 2 is 1.89 bits per heavy atom. The van der Waals surface area contributed by atoms with Crippen LogP contribution in [0.25, 0.3) is 0 Å². The lowest BCUT2D eigenvalue weighted by Crippen LogP contribution is -2.26. The zero-order valence-electron chi connectivity index (χ0n) is 11.4. The zero-order chi connectivity index (χ0) is 13.1. The normalized spacial score (nSPS) is 23.9. The molecule has 0 unspecified atom stereocenters. The van der Waals surface area contributed by atoms with Gasteiger partial charge in [-0.05, 0) is 63.6 Å². The highest BCUT2D eigenvalue weighted by atomic mass is 16.1. The van der Waals surface area contributed by atoms with E-state index in [1.54, 1.807) is 0 Å². The fourth-order valence-corrected chi connectivity index (χ4v) is 2.88. The van der Waals surface area contributed by atoms with Crippen molar-refractivity contribution in [3.8, 4) is 0 Å². The summed E-state index contributed by atoms with van der Waals surface area (Å²) in [4.78, 5) is 12.5. The zero-order valence-corrected chi connectivity index (χ0v) is 11.4. The molecule has 98 valence electrons. The molecule has 1 aromatic carbocycles. The van der Waals surface area contributed by atoms with Crippen molar-refractivity contribution >= 4 is 5.78 Å². The van der Waals surface area contributed by atoms with E-state index in [9.17, 15) is 4.79 Å². The van der Waals surface area contributed by atoms with Gasteiger partial charge in [0.2, 0.25) is 0 Å². The fourth-order valence-electron chi connectivity index (χ4n) is 2.88. The van der Waals surface area contributed by atoms with Crippen LogP contribution in [-0.4, -0.2) is 12.3 Å². The summed E-state index contributed by atoms with van der Waals surface area (Å²) in [6, 6.07) is 6.15. The van der Waals surface area contributed by atoms with E-state index in [4.69, 9.17) is 5.73 Å². The van der Waals surface area contributed by atoms with Crippen molar-refractivity contribution in [1.82, 2.24) is 0 Å². The Morgan fingerprint density at radius 3 is 2.50 bits per heavy atom. The maximum Gasteiger partial charge on any atom is 0.166 e. The first-order chi connectivity index (χ1) is 8.61. The number of benzene rings is 1. The van der Waals surface area contributed by atoms with E-state index in [1.165, 1.54) is 5.56 Å². The van der Waals surface area contributed by atoms with Crippen LogP contribution < -0.4 is 5.73 Å². The van der Waals surface area contributed by atoms with Gasteiger partial charge in [-0.15, -0.1) is 0 Å². The first-order valence-corrected chi connectivity index (χ1v) is 6.93. The largest absolute Gasteiger partial charge is 0.330 e. The summed E-state index contributed by atoms with van der Waals surface area (Å²) >= 11 is 0. The van der Waals surface area contributed by atoms with Crippen molar-refractivity contribution in [2.45, 2.75) is 39.5 Å². The van der Waals surface area contributed by atoms with Gasteiger partial charge in [0, 0.05) is 11.5 Å². The molecule has 1 aromatic rings. The van der Waals surface area contributed by atoms with Gasteiger partial charge >= 0.3 is 0 Å². The minimum Gasteiger partial charge on any atom is -0.330 e. The van der Waals surface area contributed by atoms with Gasteiger partial charge in [-0.3, -0.25) is 4.79 Å². The molecule has 1 saturated carbocycles. The van der Waals surface area contributed by atoms with Crippen LogP contribution in [0.1, 0.15) is 47.2 Å². The topological polar surface area (TPSA) is 43.1 Å². The highest BCUT2D eigenvalue weighted by Gasteiger charge is 2.27. The third-order valence-corrected chi connectivity index (χ3v) is 4.21. The monoisotopic (exact) mass is 245 g/mol. The van der Waals surface area contributed by atoms with Gasteiger partial charge in [0.05, 0.1) is 0 Å². The van der Waals surface area contributed by atoms with Crippen LogP contribution in [-0.2, 0) is 0 Å². The predicted molar refractivity (Wildman–Crippen MR) is 74.7 cm³/mol. The fraction of sp³-hybridized carbons (Fsp3) is 0.562. The van der Waals surface area contributed by atoms with Crippen molar-refractivity contribution in [3.05, 3.63) is 34.9 Å². The molecule has 0 aliphatic heterocycles. The number of Topliss-reactive ketones (excluding diaryl/α,β-unsaturated/α-hetero) is 1. The third kappa shape index (κ3) is 2.81. The van der Waals surface area contributed by atoms with E-state index in [2.05, 4.69) is 6.07 Å². The molecule has 2 N–H and O–H groups in total. The average Bonchev–Trinajstić information content (AvgIpc) is 2.41. The third-order valence-electron chi connectivity index (χ3n) is 4.21. The van der Waals surface area contributed by atoms with Gasteiger partial charge in [-0.25, -0.2) is 0 Å². The minimum atomic E-state index is 0.216. The van der Waals surface area contributed by atoms with E-state index in [0.29, 0.717) is 11.7 Å². The summed E-state index contributed by atoms with van der Waals surface area (Å²) in [5, 5.41) is 0. The number of ketones is 1. The summed E-state index contributed by atoms with van der Waals surface area (Å²) < 4.78 is 0. The second-order valence-corrected chi connectivity index (χ2v) is 5.64. The molecule has 0 atom stereocenters. The lowest BCUT2D eigenvalue weighted by atomic mass is 9.78. The number of hydrogen-bond acceptors (Lipinski definition) is 2. The summed E-state index contributed by atoms with van der Waals surface area (Å²) in [5.41, 5.74) is 8.89. The molecule has 1 aliphatic rings. The van der Waals surface area contributed by atoms with Crippen LogP contribution in [0.15, 0.2) is 18.2 Å². The molecular weight excluding hydrogens is 222 g/mol. The first kappa shape index (κ1) is 13.3. The molecule has 0 saturated heterocycles. The number of rotatable bonds is 3. The van der Waals surface area contributed by atoms with E-state index >= 15 is 0 Å². The summed E-state index contributed by atoms with van der Waals surface area (Å²) in [6.07, 6.45) is 4.23. The maximum atomic E-state index is 12.5. The lowest BCUT2D eigenvalue weighted by Gasteiger charge is -2.27. The van der Waals surface area contributed by atoms with Crippen molar-refractivity contribution in [2.75, 3.05) is 6.54 Å². The van der Waals surface area contributed by atoms with Gasteiger partial charge in [-0.1, -0.05) is 17.7 Å². The molecule has 0 radical (unpaired) electrons. The van der Waals surface area contributed by atoms with Crippen molar-refractivity contribution in [2.24, 2.45) is 17.6 Å². The molecule has 1 fully saturated rings. The van der Waals surface area contributed by atoms with Crippen molar-refractivity contribution in [3.63, 3.8) is 0 Å². The first-order valence-electron chi connectivity index (χ1n) is 6.93. The van der Waals surface area contributed by atoms with Crippen molar-refractivity contribution in [1.29, 1.82) is 0 Å². The average molecular weight is 245 g/mol. The summed E-state index contributed by atoms with van der Waals surface area (Å²) in [5.74, 6) is 1.19. The van der Waals surface area contributed by atoms with E-state index in [1.807, 2.05) is 26.0 Å². The van der Waals surface area contributed by atoms with Gasteiger partial charge in [0.15, 0.2) is 5.78 Å². The number of aryl methyl sites for hydroxylation is 2. The molecule has 18 heavy (non-hydrogen) atoms. The molecule has 0 heterocycles. The molecule has 2 heteroatoms. The minimum absolute atomic E-state index is 0.216. The van der Waals surface area contributed by atoms with Crippen molar-refractivity contribution < 1.29 is 4.79 Å². The van der Waals surface area contributed by atoms with Crippen LogP contribution in [0.3, 0.4) is 0 Å². The Hall–Kier alpha value is -1.15. The molecule has 2 rings (SSSR count). The van der Waals surface area contributed by atoms with E-state index in [0.717, 1.165) is 43.4 Å². The van der Waals surface area contributed by atoms with E-state index in [-0.39, 0.29) is 5.92 Å². The summed E-state index contributed by atoms with van der Waals surface area (Å²) in [7, 11) is 0.